The first kappa shape index (κ1) is 13.1. The summed E-state index contributed by atoms with van der Waals surface area (Å²) in [4.78, 5) is 11.2. The highest BCUT2D eigenvalue weighted by atomic mass is 79.9. The lowest BCUT2D eigenvalue weighted by Crippen LogP contribution is -2.44. The molecule has 0 radical (unpaired) electrons. The summed E-state index contributed by atoms with van der Waals surface area (Å²) in [6.07, 6.45) is -0.410. The minimum Gasteiger partial charge on any atom is -0.446 e. The zero-order chi connectivity index (χ0) is 13.1. The molecule has 2 rings (SSSR count). The van der Waals surface area contributed by atoms with Gasteiger partial charge in [0.25, 0.3) is 0 Å². The van der Waals surface area contributed by atoms with E-state index < -0.39 is 6.09 Å². The molecule has 1 aromatic carbocycles. The lowest BCUT2D eigenvalue weighted by atomic mass is 10.2. The number of halogens is 1. The molecule has 0 aliphatic carbocycles. The maximum Gasteiger partial charge on any atom is 0.428 e. The smallest absolute Gasteiger partial charge is 0.428 e. The van der Waals surface area contributed by atoms with E-state index in [1.54, 1.807) is 0 Å². The number of rotatable bonds is 2. The zero-order valence-electron chi connectivity index (χ0n) is 9.70. The van der Waals surface area contributed by atoms with Crippen LogP contribution >= 0.6 is 28.1 Å². The maximum absolute atomic E-state index is 11.2. The van der Waals surface area contributed by atoms with Crippen molar-refractivity contribution in [1.29, 1.82) is 0 Å². The van der Waals surface area contributed by atoms with E-state index in [-0.39, 0.29) is 0 Å². The van der Waals surface area contributed by atoms with E-state index in [1.165, 1.54) is 5.01 Å². The summed E-state index contributed by atoms with van der Waals surface area (Å²) in [5, 5.41) is 4.73. The van der Waals surface area contributed by atoms with Gasteiger partial charge in [0.15, 0.2) is 5.11 Å². The van der Waals surface area contributed by atoms with Crippen molar-refractivity contribution < 1.29 is 9.53 Å². The molecule has 1 amide bonds. The van der Waals surface area contributed by atoms with Gasteiger partial charge in [0.2, 0.25) is 0 Å². The molecular weight excluding hydrogens is 318 g/mol. The van der Waals surface area contributed by atoms with E-state index in [9.17, 15) is 4.79 Å². The molecule has 18 heavy (non-hydrogen) atoms. The highest BCUT2D eigenvalue weighted by molar-refractivity contribution is 9.10. The topological polar surface area (TPSA) is 53.6 Å². The number of hydrazine groups is 1. The quantitative estimate of drug-likeness (QED) is 0.816. The molecule has 2 N–H and O–H groups in total. The molecule has 0 atom stereocenters. The molecule has 0 unspecified atom stereocenters. The molecule has 1 fully saturated rings. The summed E-state index contributed by atoms with van der Waals surface area (Å²) in [5.41, 5.74) is 4.73. The van der Waals surface area contributed by atoms with Gasteiger partial charge in [-0.15, -0.1) is 0 Å². The molecule has 1 heterocycles. The summed E-state index contributed by atoms with van der Waals surface area (Å²) in [6, 6.07) is 5.81. The van der Waals surface area contributed by atoms with Gasteiger partial charge in [0.1, 0.15) is 6.61 Å². The zero-order valence-corrected chi connectivity index (χ0v) is 12.1. The molecule has 5 nitrogen and oxygen atoms in total. The van der Waals surface area contributed by atoms with Crippen LogP contribution in [0.2, 0.25) is 0 Å². The van der Waals surface area contributed by atoms with Gasteiger partial charge in [-0.2, -0.15) is 0 Å². The standard InChI is InChI=1S/C11H12BrN3O2S/c1-7-6-8(12)2-3-9(7)13-10(18)14-15-4-5-17-11(15)16/h2-3,6H,4-5H2,1H3,(H2,13,14,18). The maximum atomic E-state index is 11.2. The average Bonchev–Trinajstić information content (AvgIpc) is 2.69. The number of anilines is 1. The highest BCUT2D eigenvalue weighted by Crippen LogP contribution is 2.19. The Morgan fingerprint density at radius 3 is 2.94 bits per heavy atom. The van der Waals surface area contributed by atoms with Gasteiger partial charge in [-0.05, 0) is 42.9 Å². The molecule has 0 aromatic heterocycles. The number of hydrogen-bond donors (Lipinski definition) is 2. The number of benzene rings is 1. The average molecular weight is 330 g/mol. The Bertz CT molecular complexity index is 495. The number of carbonyl (C=O) groups is 1. The van der Waals surface area contributed by atoms with Gasteiger partial charge in [-0.25, -0.2) is 9.80 Å². The third-order valence-electron chi connectivity index (χ3n) is 2.43. The third kappa shape index (κ3) is 3.11. The lowest BCUT2D eigenvalue weighted by molar-refractivity contribution is 0.153. The predicted molar refractivity (Wildman–Crippen MR) is 76.3 cm³/mol. The summed E-state index contributed by atoms with van der Waals surface area (Å²) >= 11 is 8.53. The Kier molecular flexibility index (Phi) is 4.03. The molecule has 1 saturated heterocycles. The van der Waals surface area contributed by atoms with E-state index in [1.807, 2.05) is 25.1 Å². The van der Waals surface area contributed by atoms with Crippen LogP contribution in [0.3, 0.4) is 0 Å². The van der Waals surface area contributed by atoms with Gasteiger partial charge in [0, 0.05) is 10.2 Å². The van der Waals surface area contributed by atoms with Crippen molar-refractivity contribution >= 4 is 45.0 Å². The van der Waals surface area contributed by atoms with Crippen molar-refractivity contribution in [2.45, 2.75) is 6.92 Å². The predicted octanol–water partition coefficient (Wildman–Crippen LogP) is 2.41. The Morgan fingerprint density at radius 1 is 1.56 bits per heavy atom. The van der Waals surface area contributed by atoms with Crippen molar-refractivity contribution in [1.82, 2.24) is 10.4 Å². The van der Waals surface area contributed by atoms with E-state index in [2.05, 4.69) is 26.7 Å². The minimum atomic E-state index is -0.410. The van der Waals surface area contributed by atoms with Crippen LogP contribution in [0, 0.1) is 6.92 Å². The Hall–Kier alpha value is -1.34. The largest absolute Gasteiger partial charge is 0.446 e. The molecule has 1 aromatic rings. The third-order valence-corrected chi connectivity index (χ3v) is 3.12. The van der Waals surface area contributed by atoms with E-state index in [4.69, 9.17) is 17.0 Å². The van der Waals surface area contributed by atoms with Crippen molar-refractivity contribution in [2.75, 3.05) is 18.5 Å². The van der Waals surface area contributed by atoms with Crippen molar-refractivity contribution in [3.8, 4) is 0 Å². The van der Waals surface area contributed by atoms with Gasteiger partial charge in [0.05, 0.1) is 6.54 Å². The van der Waals surface area contributed by atoms with Crippen molar-refractivity contribution in [3.05, 3.63) is 28.2 Å². The number of cyclic esters (lactones) is 1. The van der Waals surface area contributed by atoms with Crippen LogP contribution in [0.4, 0.5) is 10.5 Å². The number of aryl methyl sites for hydroxylation is 1. The lowest BCUT2D eigenvalue weighted by Gasteiger charge is -2.18. The first-order valence-corrected chi connectivity index (χ1v) is 6.54. The van der Waals surface area contributed by atoms with Gasteiger partial charge in [-0.3, -0.25) is 5.43 Å². The van der Waals surface area contributed by atoms with Crippen LogP contribution in [0.25, 0.3) is 0 Å². The molecular formula is C11H12BrN3O2S. The molecule has 96 valence electrons. The van der Waals surface area contributed by atoms with Crippen LogP contribution in [0.15, 0.2) is 22.7 Å². The highest BCUT2D eigenvalue weighted by Gasteiger charge is 2.22. The summed E-state index contributed by atoms with van der Waals surface area (Å²) < 4.78 is 5.79. The molecule has 1 aliphatic rings. The number of thiocarbonyl (C=S) groups is 1. The van der Waals surface area contributed by atoms with Gasteiger partial charge < -0.3 is 10.1 Å². The Labute approximate surface area is 119 Å². The Morgan fingerprint density at radius 2 is 2.33 bits per heavy atom. The molecule has 0 saturated carbocycles. The summed E-state index contributed by atoms with van der Waals surface area (Å²) in [7, 11) is 0. The number of amides is 1. The molecule has 0 spiro atoms. The second-order valence-corrected chi connectivity index (χ2v) is 5.12. The van der Waals surface area contributed by atoms with Crippen LogP contribution in [0.1, 0.15) is 5.56 Å². The minimum absolute atomic E-state index is 0.360. The SMILES string of the molecule is Cc1cc(Br)ccc1NC(=S)NN1CCOC1=O. The van der Waals surface area contributed by atoms with Crippen molar-refractivity contribution in [3.63, 3.8) is 0 Å². The second kappa shape index (κ2) is 5.53. The summed E-state index contributed by atoms with van der Waals surface area (Å²) in [6.45, 7) is 2.84. The van der Waals surface area contributed by atoms with Gasteiger partial charge >= 0.3 is 6.09 Å². The van der Waals surface area contributed by atoms with Crippen LogP contribution in [-0.2, 0) is 4.74 Å². The molecule has 1 aliphatic heterocycles. The van der Waals surface area contributed by atoms with Crippen LogP contribution in [0.5, 0.6) is 0 Å². The monoisotopic (exact) mass is 329 g/mol. The number of hydrogen-bond acceptors (Lipinski definition) is 3. The fourth-order valence-electron chi connectivity index (χ4n) is 1.54. The number of nitrogens with one attached hydrogen (secondary N) is 2. The Balaban J connectivity index is 1.96. The second-order valence-electron chi connectivity index (χ2n) is 3.79. The van der Waals surface area contributed by atoms with Crippen LogP contribution in [-0.4, -0.2) is 29.4 Å². The first-order valence-electron chi connectivity index (χ1n) is 5.34. The van der Waals surface area contributed by atoms with Crippen LogP contribution < -0.4 is 10.7 Å². The fourth-order valence-corrected chi connectivity index (χ4v) is 2.23. The van der Waals surface area contributed by atoms with E-state index >= 15 is 0 Å². The van der Waals surface area contributed by atoms with E-state index in [0.29, 0.717) is 18.3 Å². The number of ether oxygens (including phenoxy) is 1. The van der Waals surface area contributed by atoms with E-state index in [0.717, 1.165) is 15.7 Å². The molecule has 7 heteroatoms. The van der Waals surface area contributed by atoms with Gasteiger partial charge in [-0.1, -0.05) is 15.9 Å². The fraction of sp³-hybridized carbons (Fsp3) is 0.273. The number of carbonyl (C=O) groups excluding carboxylic acids is 1. The first-order chi connectivity index (χ1) is 8.56. The van der Waals surface area contributed by atoms with Crippen molar-refractivity contribution in [2.24, 2.45) is 0 Å². The summed E-state index contributed by atoms with van der Waals surface area (Å²) in [5.74, 6) is 0. The molecule has 0 bridgehead atoms. The number of nitrogens with zero attached hydrogens (tertiary/aromatic N) is 1. The normalized spacial score (nSPS) is 14.3.